The third-order valence-electron chi connectivity index (χ3n) is 4.90. The number of ether oxygens (including phenoxy) is 2. The number of carbonyl (C=O) groups is 1. The Morgan fingerprint density at radius 2 is 1.82 bits per heavy atom. The number of anilines is 1. The summed E-state index contributed by atoms with van der Waals surface area (Å²) in [6.07, 6.45) is 5.54. The molecule has 0 bridgehead atoms. The minimum Gasteiger partial charge on any atom is -0.493 e. The molecule has 28 heavy (non-hydrogen) atoms. The Kier molecular flexibility index (Phi) is 6.89. The highest BCUT2D eigenvalue weighted by Crippen LogP contribution is 2.27. The average Bonchev–Trinajstić information content (AvgIpc) is 2.77. The SMILES string of the molecule is COc1ccc(CNC(=O)NCC2CCN(c3ncccn3)CC2)cc1OC. The van der Waals surface area contributed by atoms with E-state index in [4.69, 9.17) is 9.47 Å². The van der Waals surface area contributed by atoms with Crippen molar-refractivity contribution >= 4 is 12.0 Å². The fraction of sp³-hybridized carbons (Fsp3) is 0.450. The van der Waals surface area contributed by atoms with Crippen LogP contribution in [0.25, 0.3) is 0 Å². The number of nitrogens with one attached hydrogen (secondary N) is 2. The van der Waals surface area contributed by atoms with Gasteiger partial charge in [-0.3, -0.25) is 0 Å². The van der Waals surface area contributed by atoms with Crippen LogP contribution in [0, 0.1) is 5.92 Å². The molecule has 1 aromatic heterocycles. The van der Waals surface area contributed by atoms with Gasteiger partial charge in [-0.05, 0) is 42.5 Å². The molecule has 3 rings (SSSR count). The van der Waals surface area contributed by atoms with E-state index in [-0.39, 0.29) is 6.03 Å². The van der Waals surface area contributed by atoms with Gasteiger partial charge in [0, 0.05) is 38.6 Å². The Balaban J connectivity index is 1.38. The summed E-state index contributed by atoms with van der Waals surface area (Å²) in [4.78, 5) is 22.9. The van der Waals surface area contributed by atoms with Gasteiger partial charge in [-0.1, -0.05) is 6.07 Å². The molecule has 8 nitrogen and oxygen atoms in total. The second-order valence-electron chi connectivity index (χ2n) is 6.73. The van der Waals surface area contributed by atoms with Crippen molar-refractivity contribution in [3.05, 3.63) is 42.2 Å². The molecular formula is C20H27N5O3. The largest absolute Gasteiger partial charge is 0.493 e. The Morgan fingerprint density at radius 3 is 2.50 bits per heavy atom. The number of piperidine rings is 1. The Bertz CT molecular complexity index is 764. The van der Waals surface area contributed by atoms with Crippen molar-refractivity contribution < 1.29 is 14.3 Å². The van der Waals surface area contributed by atoms with Crippen LogP contribution >= 0.6 is 0 Å². The molecule has 1 aliphatic heterocycles. The highest BCUT2D eigenvalue weighted by molar-refractivity contribution is 5.73. The quantitative estimate of drug-likeness (QED) is 0.760. The fourth-order valence-electron chi connectivity index (χ4n) is 3.26. The van der Waals surface area contributed by atoms with Gasteiger partial charge in [0.25, 0.3) is 0 Å². The highest BCUT2D eigenvalue weighted by atomic mass is 16.5. The number of benzene rings is 1. The lowest BCUT2D eigenvalue weighted by Crippen LogP contribution is -2.42. The number of methoxy groups -OCH3 is 2. The van der Waals surface area contributed by atoms with Crippen LogP contribution in [0.2, 0.25) is 0 Å². The normalized spacial score (nSPS) is 14.4. The number of urea groups is 1. The van der Waals surface area contributed by atoms with E-state index in [1.54, 1.807) is 26.6 Å². The summed E-state index contributed by atoms with van der Waals surface area (Å²) in [6, 6.07) is 7.26. The second-order valence-corrected chi connectivity index (χ2v) is 6.73. The van der Waals surface area contributed by atoms with E-state index in [2.05, 4.69) is 25.5 Å². The molecule has 0 saturated carbocycles. The first-order chi connectivity index (χ1) is 13.7. The molecule has 0 unspecified atom stereocenters. The van der Waals surface area contributed by atoms with Crippen molar-refractivity contribution in [1.82, 2.24) is 20.6 Å². The standard InChI is InChI=1S/C20H27N5O3/c1-27-17-5-4-16(12-18(17)28-2)14-24-20(26)23-13-15-6-10-25(11-7-15)19-21-8-3-9-22-19/h3-5,8-9,12,15H,6-7,10-11,13-14H2,1-2H3,(H2,23,24,26). The van der Waals surface area contributed by atoms with E-state index in [0.29, 0.717) is 30.5 Å². The van der Waals surface area contributed by atoms with Crippen molar-refractivity contribution in [2.24, 2.45) is 5.92 Å². The third-order valence-corrected chi connectivity index (χ3v) is 4.90. The molecule has 0 atom stereocenters. The molecule has 1 saturated heterocycles. The second kappa shape index (κ2) is 9.77. The van der Waals surface area contributed by atoms with Crippen LogP contribution < -0.4 is 25.0 Å². The van der Waals surface area contributed by atoms with E-state index in [0.717, 1.165) is 37.4 Å². The summed E-state index contributed by atoms with van der Waals surface area (Å²) in [6.45, 7) is 2.91. The average molecular weight is 385 g/mol. The van der Waals surface area contributed by atoms with Crippen molar-refractivity contribution in [2.75, 3.05) is 38.8 Å². The lowest BCUT2D eigenvalue weighted by Gasteiger charge is -2.31. The maximum atomic E-state index is 12.1. The van der Waals surface area contributed by atoms with Crippen LogP contribution in [0.5, 0.6) is 11.5 Å². The summed E-state index contributed by atoms with van der Waals surface area (Å²) in [5.74, 6) is 2.56. The molecule has 0 aliphatic carbocycles. The Morgan fingerprint density at radius 1 is 1.11 bits per heavy atom. The first kappa shape index (κ1) is 19.7. The highest BCUT2D eigenvalue weighted by Gasteiger charge is 2.21. The van der Waals surface area contributed by atoms with Gasteiger partial charge < -0.3 is 25.0 Å². The van der Waals surface area contributed by atoms with Gasteiger partial charge in [0.05, 0.1) is 14.2 Å². The zero-order chi connectivity index (χ0) is 19.8. The summed E-state index contributed by atoms with van der Waals surface area (Å²) in [5, 5.41) is 5.86. The van der Waals surface area contributed by atoms with E-state index >= 15 is 0 Å². The molecule has 2 N–H and O–H groups in total. The van der Waals surface area contributed by atoms with Gasteiger partial charge in [0.1, 0.15) is 0 Å². The van der Waals surface area contributed by atoms with Crippen LogP contribution in [-0.2, 0) is 6.54 Å². The minimum atomic E-state index is -0.163. The summed E-state index contributed by atoms with van der Waals surface area (Å²) < 4.78 is 10.5. The zero-order valence-electron chi connectivity index (χ0n) is 16.4. The van der Waals surface area contributed by atoms with Crippen LogP contribution in [0.15, 0.2) is 36.7 Å². The maximum absolute atomic E-state index is 12.1. The number of hydrogen-bond acceptors (Lipinski definition) is 6. The summed E-state index contributed by atoms with van der Waals surface area (Å²) in [7, 11) is 3.19. The van der Waals surface area contributed by atoms with Crippen molar-refractivity contribution in [3.63, 3.8) is 0 Å². The summed E-state index contributed by atoms with van der Waals surface area (Å²) >= 11 is 0. The molecule has 2 heterocycles. The molecule has 0 radical (unpaired) electrons. The number of rotatable bonds is 7. The van der Waals surface area contributed by atoms with Gasteiger partial charge in [0.2, 0.25) is 5.95 Å². The minimum absolute atomic E-state index is 0.163. The van der Waals surface area contributed by atoms with Gasteiger partial charge in [0.15, 0.2) is 11.5 Å². The van der Waals surface area contributed by atoms with Crippen molar-refractivity contribution in [3.8, 4) is 11.5 Å². The van der Waals surface area contributed by atoms with Gasteiger partial charge in [-0.15, -0.1) is 0 Å². The van der Waals surface area contributed by atoms with Gasteiger partial charge in [-0.2, -0.15) is 0 Å². The van der Waals surface area contributed by atoms with E-state index in [9.17, 15) is 4.79 Å². The molecule has 1 fully saturated rings. The predicted molar refractivity (Wildman–Crippen MR) is 107 cm³/mol. The Labute approximate surface area is 165 Å². The van der Waals surface area contributed by atoms with Crippen molar-refractivity contribution in [1.29, 1.82) is 0 Å². The lowest BCUT2D eigenvalue weighted by atomic mass is 9.97. The molecular weight excluding hydrogens is 358 g/mol. The van der Waals surface area contributed by atoms with Gasteiger partial charge >= 0.3 is 6.03 Å². The first-order valence-corrected chi connectivity index (χ1v) is 9.44. The number of aromatic nitrogens is 2. The number of hydrogen-bond donors (Lipinski definition) is 2. The molecule has 1 aromatic carbocycles. The fourth-order valence-corrected chi connectivity index (χ4v) is 3.26. The number of nitrogens with zero attached hydrogens (tertiary/aromatic N) is 3. The van der Waals surface area contributed by atoms with E-state index < -0.39 is 0 Å². The first-order valence-electron chi connectivity index (χ1n) is 9.44. The summed E-state index contributed by atoms with van der Waals surface area (Å²) in [5.41, 5.74) is 0.948. The zero-order valence-corrected chi connectivity index (χ0v) is 16.4. The molecule has 150 valence electrons. The predicted octanol–water partition coefficient (Wildman–Crippen LogP) is 2.21. The number of amides is 2. The van der Waals surface area contributed by atoms with Crippen LogP contribution in [0.3, 0.4) is 0 Å². The van der Waals surface area contributed by atoms with E-state index in [1.165, 1.54) is 0 Å². The van der Waals surface area contributed by atoms with E-state index in [1.807, 2.05) is 24.3 Å². The third kappa shape index (κ3) is 5.25. The molecule has 2 aromatic rings. The number of carbonyl (C=O) groups excluding carboxylic acids is 1. The Hall–Kier alpha value is -3.03. The maximum Gasteiger partial charge on any atom is 0.315 e. The lowest BCUT2D eigenvalue weighted by molar-refractivity contribution is 0.237. The van der Waals surface area contributed by atoms with Gasteiger partial charge in [-0.25, -0.2) is 14.8 Å². The smallest absolute Gasteiger partial charge is 0.315 e. The topological polar surface area (TPSA) is 88.6 Å². The van der Waals surface area contributed by atoms with Crippen LogP contribution in [-0.4, -0.2) is 49.9 Å². The molecule has 8 heteroatoms. The molecule has 0 spiro atoms. The van der Waals surface area contributed by atoms with Crippen LogP contribution in [0.4, 0.5) is 10.7 Å². The van der Waals surface area contributed by atoms with Crippen molar-refractivity contribution in [2.45, 2.75) is 19.4 Å². The monoisotopic (exact) mass is 385 g/mol. The molecule has 1 aliphatic rings. The molecule has 2 amide bonds. The van der Waals surface area contributed by atoms with Crippen LogP contribution in [0.1, 0.15) is 18.4 Å².